The molecular formula is C17H14ClFN2O4. The van der Waals surface area contributed by atoms with Gasteiger partial charge in [0, 0.05) is 22.2 Å². The molecule has 0 aliphatic rings. The summed E-state index contributed by atoms with van der Waals surface area (Å²) >= 11 is 5.96. The third-order valence-electron chi connectivity index (χ3n) is 3.38. The molecule has 25 heavy (non-hydrogen) atoms. The molecule has 0 N–H and O–H groups in total. The van der Waals surface area contributed by atoms with E-state index in [4.69, 9.17) is 16.3 Å². The van der Waals surface area contributed by atoms with E-state index in [1.54, 1.807) is 0 Å². The standard InChI is InChI=1S/C17H14ClFN2O4/c1-3-25-17(23)16(19)21-9-14(24-2)13(7-15(21)22)12-6-11(18)5-4-10(12)8-20/h4-7,9,16H,3H2,1-2H3. The minimum Gasteiger partial charge on any atom is -0.495 e. The molecule has 1 unspecified atom stereocenters. The number of hydrogen-bond donors (Lipinski definition) is 0. The summed E-state index contributed by atoms with van der Waals surface area (Å²) in [5.41, 5.74) is 0.101. The van der Waals surface area contributed by atoms with Crippen LogP contribution in [-0.2, 0) is 9.53 Å². The van der Waals surface area contributed by atoms with Gasteiger partial charge < -0.3 is 9.47 Å². The lowest BCUT2D eigenvalue weighted by molar-refractivity contribution is -0.153. The maximum absolute atomic E-state index is 14.2. The Balaban J connectivity index is 2.62. The Bertz CT molecular complexity index is 904. The number of pyridine rings is 1. The average molecular weight is 365 g/mol. The van der Waals surface area contributed by atoms with Crippen LogP contribution in [0.2, 0.25) is 5.02 Å². The van der Waals surface area contributed by atoms with Crippen LogP contribution in [0, 0.1) is 11.3 Å². The number of hydrogen-bond acceptors (Lipinski definition) is 5. The number of rotatable bonds is 5. The van der Waals surface area contributed by atoms with Crippen LogP contribution in [0.25, 0.3) is 11.1 Å². The number of carbonyl (C=O) groups is 1. The number of alkyl halides is 1. The summed E-state index contributed by atoms with van der Waals surface area (Å²) in [6.45, 7) is 1.51. The summed E-state index contributed by atoms with van der Waals surface area (Å²) in [5, 5.41) is 9.60. The van der Waals surface area contributed by atoms with E-state index in [-0.39, 0.29) is 23.5 Å². The van der Waals surface area contributed by atoms with Gasteiger partial charge >= 0.3 is 5.97 Å². The number of ether oxygens (including phenoxy) is 2. The second kappa shape index (κ2) is 7.81. The highest BCUT2D eigenvalue weighted by atomic mass is 35.5. The van der Waals surface area contributed by atoms with Gasteiger partial charge in [-0.1, -0.05) is 11.6 Å². The Kier molecular flexibility index (Phi) is 5.78. The number of carbonyl (C=O) groups excluding carboxylic acids is 1. The van der Waals surface area contributed by atoms with Gasteiger partial charge in [-0.25, -0.2) is 9.18 Å². The monoisotopic (exact) mass is 364 g/mol. The Morgan fingerprint density at radius 1 is 1.40 bits per heavy atom. The van der Waals surface area contributed by atoms with Gasteiger partial charge in [-0.05, 0) is 25.1 Å². The number of benzene rings is 1. The molecule has 0 radical (unpaired) electrons. The number of nitriles is 1. The molecule has 0 amide bonds. The van der Waals surface area contributed by atoms with E-state index in [9.17, 15) is 19.2 Å². The molecule has 6 nitrogen and oxygen atoms in total. The quantitative estimate of drug-likeness (QED) is 0.761. The highest BCUT2D eigenvalue weighted by molar-refractivity contribution is 6.31. The average Bonchev–Trinajstić information content (AvgIpc) is 2.61. The smallest absolute Gasteiger partial charge is 0.362 e. The predicted octanol–water partition coefficient (Wildman–Crippen LogP) is 3.08. The molecule has 1 aromatic carbocycles. The van der Waals surface area contributed by atoms with Crippen LogP contribution in [0.5, 0.6) is 5.75 Å². The van der Waals surface area contributed by atoms with E-state index in [1.165, 1.54) is 32.2 Å². The molecule has 1 atom stereocenters. The normalized spacial score (nSPS) is 11.5. The number of aromatic nitrogens is 1. The molecule has 0 bridgehead atoms. The molecule has 0 fully saturated rings. The Hall–Kier alpha value is -2.85. The Labute approximate surface area is 148 Å². The number of methoxy groups -OCH3 is 1. The van der Waals surface area contributed by atoms with Crippen molar-refractivity contribution in [2.45, 2.75) is 13.2 Å². The molecule has 130 valence electrons. The zero-order chi connectivity index (χ0) is 18.6. The van der Waals surface area contributed by atoms with Gasteiger partial charge in [0.25, 0.3) is 11.9 Å². The molecule has 0 spiro atoms. The largest absolute Gasteiger partial charge is 0.495 e. The molecule has 2 rings (SSSR count). The van der Waals surface area contributed by atoms with E-state index >= 15 is 0 Å². The van der Waals surface area contributed by atoms with E-state index in [2.05, 4.69) is 4.74 Å². The fraction of sp³-hybridized carbons (Fsp3) is 0.235. The Morgan fingerprint density at radius 2 is 2.12 bits per heavy atom. The van der Waals surface area contributed by atoms with E-state index in [0.717, 1.165) is 12.3 Å². The number of halogens is 2. The van der Waals surface area contributed by atoms with Gasteiger partial charge in [0.05, 0.1) is 31.5 Å². The molecule has 1 aromatic heterocycles. The second-order valence-corrected chi connectivity index (χ2v) is 5.33. The van der Waals surface area contributed by atoms with E-state index in [1.807, 2.05) is 6.07 Å². The van der Waals surface area contributed by atoms with Crippen molar-refractivity contribution in [3.8, 4) is 22.9 Å². The molecular weight excluding hydrogens is 351 g/mol. The van der Waals surface area contributed by atoms with Gasteiger partial charge in [-0.15, -0.1) is 0 Å². The van der Waals surface area contributed by atoms with Crippen molar-refractivity contribution in [2.75, 3.05) is 13.7 Å². The van der Waals surface area contributed by atoms with Crippen LogP contribution in [0.3, 0.4) is 0 Å². The Morgan fingerprint density at radius 3 is 2.72 bits per heavy atom. The van der Waals surface area contributed by atoms with Crippen molar-refractivity contribution in [2.24, 2.45) is 0 Å². The maximum atomic E-state index is 14.2. The summed E-state index contributed by atoms with van der Waals surface area (Å²) in [5.74, 6) is -1.08. The third-order valence-corrected chi connectivity index (χ3v) is 3.62. The molecule has 0 saturated carbocycles. The van der Waals surface area contributed by atoms with Gasteiger partial charge in [0.1, 0.15) is 5.75 Å². The van der Waals surface area contributed by atoms with Gasteiger partial charge in [0.15, 0.2) is 0 Å². The van der Waals surface area contributed by atoms with Crippen molar-refractivity contribution in [1.82, 2.24) is 4.57 Å². The fourth-order valence-corrected chi connectivity index (χ4v) is 2.41. The van der Waals surface area contributed by atoms with Crippen molar-refractivity contribution in [3.63, 3.8) is 0 Å². The summed E-state index contributed by atoms with van der Waals surface area (Å²) in [7, 11) is 1.32. The summed E-state index contributed by atoms with van der Waals surface area (Å²) < 4.78 is 24.5. The topological polar surface area (TPSA) is 81.3 Å². The first kappa shape index (κ1) is 18.5. The van der Waals surface area contributed by atoms with E-state index < -0.39 is 17.8 Å². The van der Waals surface area contributed by atoms with Crippen LogP contribution in [-0.4, -0.2) is 24.3 Å². The van der Waals surface area contributed by atoms with Gasteiger partial charge in [-0.2, -0.15) is 5.26 Å². The minimum absolute atomic E-state index is 0.0166. The summed E-state index contributed by atoms with van der Waals surface area (Å²) in [4.78, 5) is 23.8. The summed E-state index contributed by atoms with van der Waals surface area (Å²) in [6.07, 6.45) is -1.24. The first-order valence-corrected chi connectivity index (χ1v) is 7.61. The minimum atomic E-state index is -2.30. The molecule has 0 aliphatic heterocycles. The van der Waals surface area contributed by atoms with Gasteiger partial charge in [0.2, 0.25) is 0 Å². The fourth-order valence-electron chi connectivity index (χ4n) is 2.24. The zero-order valence-corrected chi connectivity index (χ0v) is 14.2. The molecule has 2 aromatic rings. The lowest BCUT2D eigenvalue weighted by Gasteiger charge is -2.15. The van der Waals surface area contributed by atoms with Crippen molar-refractivity contribution >= 4 is 17.6 Å². The molecule has 1 heterocycles. The van der Waals surface area contributed by atoms with Crippen LogP contribution in [0.1, 0.15) is 18.8 Å². The highest BCUT2D eigenvalue weighted by Gasteiger charge is 2.24. The molecule has 0 saturated heterocycles. The maximum Gasteiger partial charge on any atom is 0.362 e. The zero-order valence-electron chi connectivity index (χ0n) is 13.5. The second-order valence-electron chi connectivity index (χ2n) is 4.89. The van der Waals surface area contributed by atoms with Crippen molar-refractivity contribution < 1.29 is 18.7 Å². The van der Waals surface area contributed by atoms with Crippen LogP contribution >= 0.6 is 11.6 Å². The first-order valence-electron chi connectivity index (χ1n) is 7.23. The molecule has 0 aliphatic carbocycles. The predicted molar refractivity (Wildman–Crippen MR) is 89.2 cm³/mol. The van der Waals surface area contributed by atoms with Gasteiger partial charge in [-0.3, -0.25) is 9.36 Å². The number of esters is 1. The summed E-state index contributed by atoms with van der Waals surface area (Å²) in [6, 6.07) is 7.61. The lowest BCUT2D eigenvalue weighted by Crippen LogP contribution is -2.28. The number of nitrogens with zero attached hydrogens (tertiary/aromatic N) is 2. The molecule has 8 heteroatoms. The first-order chi connectivity index (χ1) is 11.9. The van der Waals surface area contributed by atoms with Crippen molar-refractivity contribution in [1.29, 1.82) is 5.26 Å². The SMILES string of the molecule is CCOC(=O)C(F)n1cc(OC)c(-c2cc(Cl)ccc2C#N)cc1=O. The highest BCUT2D eigenvalue weighted by Crippen LogP contribution is 2.33. The van der Waals surface area contributed by atoms with E-state index in [0.29, 0.717) is 15.2 Å². The van der Waals surface area contributed by atoms with Crippen LogP contribution in [0.4, 0.5) is 4.39 Å². The lowest BCUT2D eigenvalue weighted by atomic mass is 10.0. The van der Waals surface area contributed by atoms with Crippen LogP contribution in [0.15, 0.2) is 35.3 Å². The van der Waals surface area contributed by atoms with Crippen LogP contribution < -0.4 is 10.3 Å². The van der Waals surface area contributed by atoms with Crippen molar-refractivity contribution in [3.05, 3.63) is 51.4 Å². The third kappa shape index (κ3) is 3.80.